The van der Waals surface area contributed by atoms with Gasteiger partial charge in [0, 0.05) is 18.8 Å². The number of hydrogen-bond donors (Lipinski definition) is 0. The molecule has 3 rings (SSSR count). The molecule has 0 saturated heterocycles. The van der Waals surface area contributed by atoms with Crippen LogP contribution in [-0.4, -0.2) is 21.5 Å². The molecular weight excluding hydrogens is 318 g/mol. The van der Waals surface area contributed by atoms with Crippen LogP contribution in [0.3, 0.4) is 0 Å². The van der Waals surface area contributed by atoms with Crippen LogP contribution in [-0.2, 0) is 12.8 Å². The van der Waals surface area contributed by atoms with Gasteiger partial charge in [-0.05, 0) is 40.0 Å². The van der Waals surface area contributed by atoms with Gasteiger partial charge >= 0.3 is 0 Å². The van der Waals surface area contributed by atoms with Crippen LogP contribution in [0.25, 0.3) is 5.52 Å². The van der Waals surface area contributed by atoms with Crippen molar-refractivity contribution in [3.63, 3.8) is 0 Å². The fraction of sp³-hybridized carbons (Fsp3) is 0.200. The van der Waals surface area contributed by atoms with Crippen molar-refractivity contribution in [3.05, 3.63) is 58.8 Å². The maximum absolute atomic E-state index is 5.16. The van der Waals surface area contributed by atoms with Gasteiger partial charge in [0.1, 0.15) is 16.2 Å². The first-order valence-corrected chi connectivity index (χ1v) is 7.16. The van der Waals surface area contributed by atoms with Crippen molar-refractivity contribution in [1.82, 2.24) is 14.4 Å². The lowest BCUT2D eigenvalue weighted by molar-refractivity contribution is 0.414. The van der Waals surface area contributed by atoms with Crippen molar-refractivity contribution in [1.29, 1.82) is 0 Å². The van der Waals surface area contributed by atoms with Gasteiger partial charge < -0.3 is 4.74 Å². The quantitative estimate of drug-likeness (QED) is 0.736. The molecule has 0 N–H and O–H groups in total. The molecule has 3 aromatic rings. The molecule has 0 aliphatic heterocycles. The van der Waals surface area contributed by atoms with E-state index in [-0.39, 0.29) is 0 Å². The van der Waals surface area contributed by atoms with Crippen LogP contribution in [0.2, 0.25) is 0 Å². The van der Waals surface area contributed by atoms with E-state index in [2.05, 4.69) is 42.4 Å². The molecule has 102 valence electrons. The summed E-state index contributed by atoms with van der Waals surface area (Å²) in [6, 6.07) is 8.15. The van der Waals surface area contributed by atoms with Gasteiger partial charge in [0.05, 0.1) is 18.8 Å². The van der Waals surface area contributed by atoms with E-state index in [1.165, 1.54) is 5.56 Å². The second-order valence-corrected chi connectivity index (χ2v) is 5.25. The first-order valence-electron chi connectivity index (χ1n) is 6.37. The Morgan fingerprint density at radius 3 is 2.75 bits per heavy atom. The van der Waals surface area contributed by atoms with Gasteiger partial charge in [-0.1, -0.05) is 12.1 Å². The lowest BCUT2D eigenvalue weighted by Gasteiger charge is -2.03. The number of ether oxygens (including phenoxy) is 1. The molecule has 2 aromatic heterocycles. The third-order valence-electron chi connectivity index (χ3n) is 3.27. The summed E-state index contributed by atoms with van der Waals surface area (Å²) < 4.78 is 8.08. The Balaban J connectivity index is 1.79. The van der Waals surface area contributed by atoms with Crippen LogP contribution < -0.4 is 4.74 Å². The molecular formula is C15H14BrN3O. The summed E-state index contributed by atoms with van der Waals surface area (Å²) in [6.07, 6.45) is 7.35. The van der Waals surface area contributed by atoms with Crippen molar-refractivity contribution in [2.45, 2.75) is 12.8 Å². The first-order chi connectivity index (χ1) is 9.78. The van der Waals surface area contributed by atoms with Crippen molar-refractivity contribution in [2.75, 3.05) is 7.11 Å². The molecule has 20 heavy (non-hydrogen) atoms. The summed E-state index contributed by atoms with van der Waals surface area (Å²) in [4.78, 5) is 8.67. The highest BCUT2D eigenvalue weighted by atomic mass is 79.9. The Morgan fingerprint density at radius 1 is 1.20 bits per heavy atom. The maximum atomic E-state index is 5.16. The highest BCUT2D eigenvalue weighted by molar-refractivity contribution is 9.10. The number of imidazole rings is 1. The van der Waals surface area contributed by atoms with Gasteiger partial charge in [-0.15, -0.1) is 0 Å². The van der Waals surface area contributed by atoms with Crippen LogP contribution in [0.15, 0.2) is 47.5 Å². The van der Waals surface area contributed by atoms with E-state index in [1.807, 2.05) is 24.5 Å². The topological polar surface area (TPSA) is 39.4 Å². The lowest BCUT2D eigenvalue weighted by Crippen LogP contribution is -1.98. The Kier molecular flexibility index (Phi) is 3.69. The monoisotopic (exact) mass is 331 g/mol. The second kappa shape index (κ2) is 5.63. The standard InChI is InChI=1S/C15H14BrN3O/c1-20-12-5-2-11(3-6-12)4-7-14-18-15(16)13-10-17-8-9-19(13)14/h2-3,5-6,8-10H,4,7H2,1H3. The summed E-state index contributed by atoms with van der Waals surface area (Å²) in [5.41, 5.74) is 2.27. The average molecular weight is 332 g/mol. The highest BCUT2D eigenvalue weighted by Crippen LogP contribution is 2.19. The maximum Gasteiger partial charge on any atom is 0.133 e. The molecule has 0 atom stereocenters. The third-order valence-corrected chi connectivity index (χ3v) is 3.85. The number of hydrogen-bond acceptors (Lipinski definition) is 3. The van der Waals surface area contributed by atoms with Crippen LogP contribution in [0, 0.1) is 0 Å². The van der Waals surface area contributed by atoms with Crippen molar-refractivity contribution in [3.8, 4) is 5.75 Å². The average Bonchev–Trinajstić information content (AvgIpc) is 2.83. The summed E-state index contributed by atoms with van der Waals surface area (Å²) in [5, 5.41) is 0. The number of benzene rings is 1. The van der Waals surface area contributed by atoms with Gasteiger partial charge in [0.25, 0.3) is 0 Å². The minimum atomic E-state index is 0.843. The number of aromatic nitrogens is 3. The van der Waals surface area contributed by atoms with Crippen molar-refractivity contribution in [2.24, 2.45) is 0 Å². The van der Waals surface area contributed by atoms with E-state index in [1.54, 1.807) is 13.3 Å². The van der Waals surface area contributed by atoms with Crippen LogP contribution in [0.4, 0.5) is 0 Å². The van der Waals surface area contributed by atoms with E-state index >= 15 is 0 Å². The van der Waals surface area contributed by atoms with Gasteiger partial charge in [-0.2, -0.15) is 0 Å². The van der Waals surface area contributed by atoms with Crippen LogP contribution >= 0.6 is 15.9 Å². The largest absolute Gasteiger partial charge is 0.497 e. The number of fused-ring (bicyclic) bond motifs is 1. The molecule has 0 spiro atoms. The number of halogens is 1. The minimum Gasteiger partial charge on any atom is -0.497 e. The normalized spacial score (nSPS) is 10.9. The summed E-state index contributed by atoms with van der Waals surface area (Å²) in [6.45, 7) is 0. The smallest absolute Gasteiger partial charge is 0.133 e. The van der Waals surface area contributed by atoms with E-state index in [4.69, 9.17) is 4.74 Å². The molecule has 1 aromatic carbocycles. The number of nitrogens with zero attached hydrogens (tertiary/aromatic N) is 3. The molecule has 0 radical (unpaired) electrons. The number of methoxy groups -OCH3 is 1. The van der Waals surface area contributed by atoms with Crippen LogP contribution in [0.1, 0.15) is 11.4 Å². The van der Waals surface area contributed by atoms with E-state index in [9.17, 15) is 0 Å². The second-order valence-electron chi connectivity index (χ2n) is 4.50. The Labute approximate surface area is 125 Å². The molecule has 0 aliphatic rings. The lowest BCUT2D eigenvalue weighted by atomic mass is 10.1. The fourth-order valence-corrected chi connectivity index (χ4v) is 2.69. The highest BCUT2D eigenvalue weighted by Gasteiger charge is 2.08. The Bertz CT molecular complexity index is 722. The van der Waals surface area contributed by atoms with Crippen molar-refractivity contribution < 1.29 is 4.74 Å². The zero-order valence-electron chi connectivity index (χ0n) is 11.1. The SMILES string of the molecule is COc1ccc(CCc2nc(Br)c3cnccn23)cc1. The Morgan fingerprint density at radius 2 is 2.00 bits per heavy atom. The van der Waals surface area contributed by atoms with Crippen molar-refractivity contribution >= 4 is 21.4 Å². The number of rotatable bonds is 4. The molecule has 0 unspecified atom stereocenters. The van der Waals surface area contributed by atoms with Gasteiger partial charge in [-0.25, -0.2) is 4.98 Å². The molecule has 0 saturated carbocycles. The molecule has 2 heterocycles. The van der Waals surface area contributed by atoms with E-state index in [0.29, 0.717) is 0 Å². The minimum absolute atomic E-state index is 0.843. The molecule has 0 amide bonds. The van der Waals surface area contributed by atoms with Gasteiger partial charge in [0.2, 0.25) is 0 Å². The van der Waals surface area contributed by atoms with Crippen LogP contribution in [0.5, 0.6) is 5.75 Å². The first kappa shape index (κ1) is 13.1. The van der Waals surface area contributed by atoms with E-state index in [0.717, 1.165) is 34.5 Å². The fourth-order valence-electron chi connectivity index (χ4n) is 2.19. The zero-order valence-corrected chi connectivity index (χ0v) is 12.7. The zero-order chi connectivity index (χ0) is 13.9. The summed E-state index contributed by atoms with van der Waals surface area (Å²) >= 11 is 3.47. The van der Waals surface area contributed by atoms with E-state index < -0.39 is 0 Å². The molecule has 0 fully saturated rings. The molecule has 4 nitrogen and oxygen atoms in total. The predicted molar refractivity (Wildman–Crippen MR) is 81.1 cm³/mol. The Hall–Kier alpha value is -1.88. The predicted octanol–water partition coefficient (Wildman–Crippen LogP) is 3.29. The molecule has 0 aliphatic carbocycles. The summed E-state index contributed by atoms with van der Waals surface area (Å²) in [5.74, 6) is 1.92. The molecule has 5 heteroatoms. The third kappa shape index (κ3) is 2.54. The van der Waals surface area contributed by atoms with Gasteiger partial charge in [-0.3, -0.25) is 9.38 Å². The number of aryl methyl sites for hydroxylation is 2. The summed E-state index contributed by atoms with van der Waals surface area (Å²) in [7, 11) is 1.68. The molecule has 0 bridgehead atoms. The van der Waals surface area contributed by atoms with Gasteiger partial charge in [0.15, 0.2) is 0 Å².